The van der Waals surface area contributed by atoms with Gasteiger partial charge in [0.2, 0.25) is 0 Å². The molecule has 86 valence electrons. The smallest absolute Gasteiger partial charge is 0.0674 e. The van der Waals surface area contributed by atoms with Gasteiger partial charge in [-0.3, -0.25) is 4.90 Å². The van der Waals surface area contributed by atoms with Crippen LogP contribution in [0.3, 0.4) is 0 Å². The van der Waals surface area contributed by atoms with Crippen LogP contribution in [0.5, 0.6) is 0 Å². The van der Waals surface area contributed by atoms with Crippen LogP contribution in [0.15, 0.2) is 12.2 Å². The summed E-state index contributed by atoms with van der Waals surface area (Å²) in [4.78, 5) is 2.44. The van der Waals surface area contributed by atoms with Crippen molar-refractivity contribution in [3.63, 3.8) is 0 Å². The van der Waals surface area contributed by atoms with Crippen LogP contribution in [0, 0.1) is 0 Å². The van der Waals surface area contributed by atoms with Crippen molar-refractivity contribution < 1.29 is 4.74 Å². The molecule has 0 radical (unpaired) electrons. The summed E-state index contributed by atoms with van der Waals surface area (Å²) >= 11 is 0. The Bertz CT molecular complexity index is 226. The van der Waals surface area contributed by atoms with E-state index in [1.54, 1.807) is 0 Å². The number of nitrogens with zero attached hydrogens (tertiary/aromatic N) is 1. The minimum atomic E-state index is 0.378. The van der Waals surface area contributed by atoms with Crippen molar-refractivity contribution in [2.24, 2.45) is 0 Å². The van der Waals surface area contributed by atoms with Crippen LogP contribution in [-0.2, 0) is 4.74 Å². The molecule has 0 spiro atoms. The molecule has 1 heterocycles. The zero-order chi connectivity index (χ0) is 10.7. The van der Waals surface area contributed by atoms with Gasteiger partial charge >= 0.3 is 0 Å². The fourth-order valence-electron chi connectivity index (χ4n) is 1.98. The molecule has 0 aromatic rings. The van der Waals surface area contributed by atoms with Crippen molar-refractivity contribution in [1.82, 2.24) is 10.2 Å². The number of nitrogens with one attached hydrogen (secondary N) is 1. The molecule has 1 atom stereocenters. The standard InChI is InChI=1S/C12H22N2O/c1-10(7-13-12-3-4-12)8-14-5-6-15-11(2)9-14/h11-13H,1,3-9H2,2H3. The van der Waals surface area contributed by atoms with E-state index >= 15 is 0 Å². The normalized spacial score (nSPS) is 27.9. The van der Waals surface area contributed by atoms with Gasteiger partial charge in [-0.25, -0.2) is 0 Å². The van der Waals surface area contributed by atoms with Crippen LogP contribution in [0.2, 0.25) is 0 Å². The van der Waals surface area contributed by atoms with E-state index in [1.165, 1.54) is 18.4 Å². The third-order valence-electron chi connectivity index (χ3n) is 2.99. The molecule has 1 aliphatic heterocycles. The van der Waals surface area contributed by atoms with E-state index in [0.29, 0.717) is 6.10 Å². The molecule has 0 aromatic heterocycles. The second-order valence-electron chi connectivity index (χ2n) is 4.82. The molecule has 0 aromatic carbocycles. The molecular weight excluding hydrogens is 188 g/mol. The van der Waals surface area contributed by atoms with Crippen LogP contribution in [0.25, 0.3) is 0 Å². The predicted molar refractivity (Wildman–Crippen MR) is 62.0 cm³/mol. The Labute approximate surface area is 92.5 Å². The lowest BCUT2D eigenvalue weighted by atomic mass is 10.2. The first-order valence-corrected chi connectivity index (χ1v) is 5.98. The number of ether oxygens (including phenoxy) is 1. The largest absolute Gasteiger partial charge is 0.376 e. The highest BCUT2D eigenvalue weighted by Gasteiger charge is 2.21. The Balaban J connectivity index is 1.63. The summed E-state index contributed by atoms with van der Waals surface area (Å²) in [5, 5.41) is 3.50. The van der Waals surface area contributed by atoms with Crippen LogP contribution in [-0.4, -0.2) is 49.8 Å². The molecule has 2 aliphatic rings. The maximum absolute atomic E-state index is 5.51. The maximum Gasteiger partial charge on any atom is 0.0674 e. The van der Waals surface area contributed by atoms with E-state index in [2.05, 4.69) is 23.7 Å². The molecule has 1 saturated carbocycles. The third kappa shape index (κ3) is 3.93. The molecule has 2 rings (SSSR count). The van der Waals surface area contributed by atoms with E-state index in [9.17, 15) is 0 Å². The van der Waals surface area contributed by atoms with Gasteiger partial charge in [0.05, 0.1) is 12.7 Å². The van der Waals surface area contributed by atoms with E-state index in [4.69, 9.17) is 4.74 Å². The van der Waals surface area contributed by atoms with Crippen molar-refractivity contribution >= 4 is 0 Å². The fraction of sp³-hybridized carbons (Fsp3) is 0.833. The van der Waals surface area contributed by atoms with E-state index in [1.807, 2.05) is 0 Å². The molecule has 15 heavy (non-hydrogen) atoms. The summed E-state index contributed by atoms with van der Waals surface area (Å²) in [6.45, 7) is 11.2. The van der Waals surface area contributed by atoms with Gasteiger partial charge in [-0.15, -0.1) is 0 Å². The predicted octanol–water partition coefficient (Wildman–Crippen LogP) is 1.02. The van der Waals surface area contributed by atoms with Gasteiger partial charge in [-0.05, 0) is 25.3 Å². The second-order valence-corrected chi connectivity index (χ2v) is 4.82. The van der Waals surface area contributed by atoms with Crippen LogP contribution >= 0.6 is 0 Å². The van der Waals surface area contributed by atoms with Gasteiger partial charge in [0.15, 0.2) is 0 Å². The van der Waals surface area contributed by atoms with Crippen molar-refractivity contribution in [2.75, 3.05) is 32.8 Å². The lowest BCUT2D eigenvalue weighted by Gasteiger charge is -2.31. The topological polar surface area (TPSA) is 24.5 Å². The molecule has 1 N–H and O–H groups in total. The molecule has 0 bridgehead atoms. The van der Waals surface area contributed by atoms with Gasteiger partial charge in [0, 0.05) is 32.2 Å². The molecule has 3 nitrogen and oxygen atoms in total. The average molecular weight is 210 g/mol. The first-order valence-electron chi connectivity index (χ1n) is 5.98. The van der Waals surface area contributed by atoms with E-state index in [-0.39, 0.29) is 0 Å². The Morgan fingerprint density at radius 3 is 3.00 bits per heavy atom. The lowest BCUT2D eigenvalue weighted by Crippen LogP contribution is -2.42. The minimum Gasteiger partial charge on any atom is -0.376 e. The van der Waals surface area contributed by atoms with Crippen molar-refractivity contribution in [1.29, 1.82) is 0 Å². The Hall–Kier alpha value is -0.380. The van der Waals surface area contributed by atoms with Gasteiger partial charge in [0.25, 0.3) is 0 Å². The lowest BCUT2D eigenvalue weighted by molar-refractivity contribution is -0.0149. The minimum absolute atomic E-state index is 0.378. The maximum atomic E-state index is 5.51. The molecular formula is C12H22N2O. The van der Waals surface area contributed by atoms with Crippen molar-refractivity contribution in [3.05, 3.63) is 12.2 Å². The van der Waals surface area contributed by atoms with Gasteiger partial charge in [-0.1, -0.05) is 6.58 Å². The Morgan fingerprint density at radius 1 is 1.53 bits per heavy atom. The molecule has 3 heteroatoms. The molecule has 0 amide bonds. The van der Waals surface area contributed by atoms with E-state index in [0.717, 1.165) is 38.8 Å². The highest BCUT2D eigenvalue weighted by Crippen LogP contribution is 2.18. The van der Waals surface area contributed by atoms with Crippen LogP contribution in [0.4, 0.5) is 0 Å². The number of morpholine rings is 1. The highest BCUT2D eigenvalue weighted by molar-refractivity contribution is 5.02. The van der Waals surface area contributed by atoms with Gasteiger partial charge in [-0.2, -0.15) is 0 Å². The Morgan fingerprint density at radius 2 is 2.33 bits per heavy atom. The average Bonchev–Trinajstić information content (AvgIpc) is 2.98. The highest BCUT2D eigenvalue weighted by atomic mass is 16.5. The van der Waals surface area contributed by atoms with E-state index < -0.39 is 0 Å². The first kappa shape index (κ1) is 11.1. The second kappa shape index (κ2) is 5.10. The summed E-state index contributed by atoms with van der Waals surface area (Å²) in [5.41, 5.74) is 1.30. The summed E-state index contributed by atoms with van der Waals surface area (Å²) < 4.78 is 5.51. The third-order valence-corrected chi connectivity index (χ3v) is 2.99. The summed E-state index contributed by atoms with van der Waals surface area (Å²) in [5.74, 6) is 0. The summed E-state index contributed by atoms with van der Waals surface area (Å²) in [6.07, 6.45) is 3.08. The molecule has 1 aliphatic carbocycles. The van der Waals surface area contributed by atoms with Gasteiger partial charge < -0.3 is 10.1 Å². The zero-order valence-electron chi connectivity index (χ0n) is 9.67. The first-order chi connectivity index (χ1) is 7.24. The molecule has 1 saturated heterocycles. The van der Waals surface area contributed by atoms with Crippen molar-refractivity contribution in [3.8, 4) is 0 Å². The summed E-state index contributed by atoms with van der Waals surface area (Å²) in [7, 11) is 0. The van der Waals surface area contributed by atoms with Crippen molar-refractivity contribution in [2.45, 2.75) is 31.9 Å². The fourth-order valence-corrected chi connectivity index (χ4v) is 1.98. The molecule has 1 unspecified atom stereocenters. The monoisotopic (exact) mass is 210 g/mol. The molecule has 2 fully saturated rings. The van der Waals surface area contributed by atoms with Crippen LogP contribution in [0.1, 0.15) is 19.8 Å². The number of hydrogen-bond acceptors (Lipinski definition) is 3. The zero-order valence-corrected chi connectivity index (χ0v) is 9.67. The van der Waals surface area contributed by atoms with Gasteiger partial charge in [0.1, 0.15) is 0 Å². The van der Waals surface area contributed by atoms with Crippen LogP contribution < -0.4 is 5.32 Å². The number of hydrogen-bond donors (Lipinski definition) is 1. The quantitative estimate of drug-likeness (QED) is 0.686. The number of rotatable bonds is 5. The summed E-state index contributed by atoms with van der Waals surface area (Å²) in [6, 6.07) is 0.783. The Kier molecular flexibility index (Phi) is 3.78. The SMILES string of the molecule is C=C(CNC1CC1)CN1CCOC(C)C1.